The fourth-order valence-corrected chi connectivity index (χ4v) is 2.12. The Labute approximate surface area is 95.2 Å². The van der Waals surface area contributed by atoms with Crippen molar-refractivity contribution < 1.29 is 9.53 Å². The van der Waals surface area contributed by atoms with Crippen LogP contribution in [0.25, 0.3) is 0 Å². The Morgan fingerprint density at radius 3 is 2.86 bits per heavy atom. The molecule has 1 aliphatic heterocycles. The molecule has 1 aromatic rings. The van der Waals surface area contributed by atoms with Crippen LogP contribution in [0.3, 0.4) is 0 Å². The molecular formula is C10H9BrO2S. The summed E-state index contributed by atoms with van der Waals surface area (Å²) in [6.45, 7) is 0. The second-order valence-corrected chi connectivity index (χ2v) is 5.07. The van der Waals surface area contributed by atoms with E-state index in [0.29, 0.717) is 11.3 Å². The van der Waals surface area contributed by atoms with E-state index in [2.05, 4.69) is 15.9 Å². The van der Waals surface area contributed by atoms with Crippen LogP contribution < -0.4 is 4.74 Å². The van der Waals surface area contributed by atoms with E-state index in [9.17, 15) is 4.79 Å². The first-order chi connectivity index (χ1) is 6.79. The van der Waals surface area contributed by atoms with Crippen molar-refractivity contribution in [2.45, 2.75) is 6.10 Å². The number of aldehydes is 1. The Morgan fingerprint density at radius 1 is 1.50 bits per heavy atom. The number of rotatable bonds is 3. The van der Waals surface area contributed by atoms with Gasteiger partial charge in [-0.25, -0.2) is 0 Å². The van der Waals surface area contributed by atoms with Crippen LogP contribution in [-0.2, 0) is 0 Å². The topological polar surface area (TPSA) is 26.3 Å². The molecule has 0 N–H and O–H groups in total. The molecule has 0 bridgehead atoms. The summed E-state index contributed by atoms with van der Waals surface area (Å²) in [4.78, 5) is 10.8. The third-order valence-electron chi connectivity index (χ3n) is 2.00. The van der Waals surface area contributed by atoms with Gasteiger partial charge in [0.05, 0.1) is 5.56 Å². The van der Waals surface area contributed by atoms with Crippen molar-refractivity contribution in [2.24, 2.45) is 0 Å². The van der Waals surface area contributed by atoms with Gasteiger partial charge in [-0.05, 0) is 18.2 Å². The van der Waals surface area contributed by atoms with Gasteiger partial charge in [0.1, 0.15) is 11.9 Å². The molecule has 2 nitrogen and oxygen atoms in total. The van der Waals surface area contributed by atoms with Gasteiger partial charge in [-0.3, -0.25) is 4.79 Å². The van der Waals surface area contributed by atoms with Crippen molar-refractivity contribution in [3.63, 3.8) is 0 Å². The molecule has 0 amide bonds. The minimum Gasteiger partial charge on any atom is -0.488 e. The highest BCUT2D eigenvalue weighted by Crippen LogP contribution is 2.27. The number of carbonyl (C=O) groups is 1. The third-order valence-corrected chi connectivity index (χ3v) is 3.71. The predicted molar refractivity (Wildman–Crippen MR) is 61.3 cm³/mol. The molecule has 0 aliphatic carbocycles. The van der Waals surface area contributed by atoms with E-state index < -0.39 is 0 Å². The number of benzene rings is 1. The molecule has 1 aromatic carbocycles. The normalized spacial score (nSPS) is 16.1. The maximum atomic E-state index is 10.8. The molecule has 74 valence electrons. The Hall–Kier alpha value is -0.480. The SMILES string of the molecule is O=Cc1cc(Br)ccc1OC1CSC1. The molecule has 1 aliphatic rings. The van der Waals surface area contributed by atoms with Gasteiger partial charge in [-0.15, -0.1) is 0 Å². The fraction of sp³-hybridized carbons (Fsp3) is 0.300. The quantitative estimate of drug-likeness (QED) is 0.792. The average Bonchev–Trinajstić information content (AvgIpc) is 2.13. The van der Waals surface area contributed by atoms with E-state index in [1.807, 2.05) is 23.9 Å². The summed E-state index contributed by atoms with van der Waals surface area (Å²) in [5.41, 5.74) is 0.608. The van der Waals surface area contributed by atoms with Crippen LogP contribution in [0, 0.1) is 0 Å². The summed E-state index contributed by atoms with van der Waals surface area (Å²) in [7, 11) is 0. The van der Waals surface area contributed by atoms with E-state index in [0.717, 1.165) is 22.3 Å². The zero-order valence-electron chi connectivity index (χ0n) is 7.40. The summed E-state index contributed by atoms with van der Waals surface area (Å²) in [6, 6.07) is 5.49. The van der Waals surface area contributed by atoms with Crippen molar-refractivity contribution in [3.05, 3.63) is 28.2 Å². The number of halogens is 1. The number of thioether (sulfide) groups is 1. The van der Waals surface area contributed by atoms with E-state index in [4.69, 9.17) is 4.74 Å². The van der Waals surface area contributed by atoms with Crippen LogP contribution in [0.15, 0.2) is 22.7 Å². The molecule has 1 heterocycles. The van der Waals surface area contributed by atoms with Crippen LogP contribution in [0.4, 0.5) is 0 Å². The van der Waals surface area contributed by atoms with Crippen LogP contribution >= 0.6 is 27.7 Å². The highest BCUT2D eigenvalue weighted by Gasteiger charge is 2.20. The first-order valence-corrected chi connectivity index (χ1v) is 6.23. The Balaban J connectivity index is 2.18. The van der Waals surface area contributed by atoms with Crippen LogP contribution in [0.5, 0.6) is 5.75 Å². The minimum absolute atomic E-state index is 0.278. The molecule has 14 heavy (non-hydrogen) atoms. The minimum atomic E-state index is 0.278. The Morgan fingerprint density at radius 2 is 2.29 bits per heavy atom. The Bertz CT molecular complexity index is 350. The second-order valence-electron chi connectivity index (χ2n) is 3.08. The zero-order chi connectivity index (χ0) is 9.97. The van der Waals surface area contributed by atoms with Crippen LogP contribution in [0.1, 0.15) is 10.4 Å². The number of hydrogen-bond donors (Lipinski definition) is 0. The monoisotopic (exact) mass is 272 g/mol. The maximum absolute atomic E-state index is 10.8. The standard InChI is InChI=1S/C10H9BrO2S/c11-8-1-2-10(7(3-8)4-12)13-9-5-14-6-9/h1-4,9H,5-6H2. The largest absolute Gasteiger partial charge is 0.488 e. The summed E-state index contributed by atoms with van der Waals surface area (Å²) < 4.78 is 6.55. The lowest BCUT2D eigenvalue weighted by atomic mass is 10.2. The van der Waals surface area contributed by atoms with Gasteiger partial charge in [0.15, 0.2) is 6.29 Å². The van der Waals surface area contributed by atoms with Gasteiger partial charge >= 0.3 is 0 Å². The van der Waals surface area contributed by atoms with Gasteiger partial charge in [0, 0.05) is 16.0 Å². The summed E-state index contributed by atoms with van der Waals surface area (Å²) in [5, 5.41) is 0. The molecule has 2 rings (SSSR count). The molecule has 1 fully saturated rings. The molecule has 0 saturated carbocycles. The van der Waals surface area contributed by atoms with Gasteiger partial charge < -0.3 is 4.74 Å². The first kappa shape index (κ1) is 10.1. The summed E-state index contributed by atoms with van der Waals surface area (Å²) in [6.07, 6.45) is 1.10. The Kier molecular flexibility index (Phi) is 3.13. The van der Waals surface area contributed by atoms with E-state index in [1.165, 1.54) is 0 Å². The lowest BCUT2D eigenvalue weighted by molar-refractivity contribution is 0.111. The first-order valence-electron chi connectivity index (χ1n) is 4.29. The van der Waals surface area contributed by atoms with Gasteiger partial charge in [-0.2, -0.15) is 11.8 Å². The summed E-state index contributed by atoms with van der Waals surface area (Å²) >= 11 is 5.17. The average molecular weight is 273 g/mol. The third kappa shape index (κ3) is 2.12. The number of ether oxygens (including phenoxy) is 1. The molecule has 0 radical (unpaired) electrons. The lowest BCUT2D eigenvalue weighted by Crippen LogP contribution is -2.31. The van der Waals surface area contributed by atoms with E-state index in [-0.39, 0.29) is 6.10 Å². The summed E-state index contributed by atoms with van der Waals surface area (Å²) in [5.74, 6) is 2.73. The maximum Gasteiger partial charge on any atom is 0.153 e. The fourth-order valence-electron chi connectivity index (χ4n) is 1.18. The molecule has 4 heteroatoms. The number of hydrogen-bond acceptors (Lipinski definition) is 3. The highest BCUT2D eigenvalue weighted by molar-refractivity contribution is 9.10. The van der Waals surface area contributed by atoms with Crippen molar-refractivity contribution in [1.82, 2.24) is 0 Å². The van der Waals surface area contributed by atoms with Gasteiger partial charge in [-0.1, -0.05) is 15.9 Å². The van der Waals surface area contributed by atoms with Crippen molar-refractivity contribution in [1.29, 1.82) is 0 Å². The second kappa shape index (κ2) is 4.36. The van der Waals surface area contributed by atoms with E-state index >= 15 is 0 Å². The van der Waals surface area contributed by atoms with Crippen molar-refractivity contribution in [2.75, 3.05) is 11.5 Å². The zero-order valence-corrected chi connectivity index (χ0v) is 9.81. The van der Waals surface area contributed by atoms with Gasteiger partial charge in [0.2, 0.25) is 0 Å². The van der Waals surface area contributed by atoms with Crippen LogP contribution in [0.2, 0.25) is 0 Å². The smallest absolute Gasteiger partial charge is 0.153 e. The van der Waals surface area contributed by atoms with Crippen molar-refractivity contribution >= 4 is 34.0 Å². The van der Waals surface area contributed by atoms with Gasteiger partial charge in [0.25, 0.3) is 0 Å². The highest BCUT2D eigenvalue weighted by atomic mass is 79.9. The van der Waals surface area contributed by atoms with E-state index in [1.54, 1.807) is 6.07 Å². The van der Waals surface area contributed by atoms with Crippen LogP contribution in [-0.4, -0.2) is 23.9 Å². The molecule has 0 unspecified atom stereocenters. The predicted octanol–water partition coefficient (Wildman–Crippen LogP) is 2.76. The molecule has 1 saturated heterocycles. The molecule has 0 spiro atoms. The molecular weight excluding hydrogens is 264 g/mol. The molecule has 0 aromatic heterocycles. The lowest BCUT2D eigenvalue weighted by Gasteiger charge is -2.26. The number of carbonyl (C=O) groups excluding carboxylic acids is 1. The van der Waals surface area contributed by atoms with Crippen molar-refractivity contribution in [3.8, 4) is 5.75 Å². The molecule has 0 atom stereocenters.